The predicted molar refractivity (Wildman–Crippen MR) is 52.9 cm³/mol. The van der Waals surface area contributed by atoms with Crippen molar-refractivity contribution in [1.82, 2.24) is 5.43 Å². The van der Waals surface area contributed by atoms with Gasteiger partial charge in [-0.2, -0.15) is 5.10 Å². The van der Waals surface area contributed by atoms with Crippen LogP contribution < -0.4 is 20.6 Å². The molecule has 6 heteroatoms. The standard InChI is InChI=1S/C9H9N3O3/c10-9(13)12-11-4-6-1-2-7-8(3-6)15-5-14-7/h1-4H,5H2,(H3,10,12,13)/b11-4+. The van der Waals surface area contributed by atoms with Crippen LogP contribution in [0.1, 0.15) is 5.56 Å². The van der Waals surface area contributed by atoms with Gasteiger partial charge in [0.15, 0.2) is 11.5 Å². The third kappa shape index (κ3) is 2.16. The Morgan fingerprint density at radius 3 is 3.07 bits per heavy atom. The fourth-order valence-electron chi connectivity index (χ4n) is 1.16. The predicted octanol–water partition coefficient (Wildman–Crippen LogP) is 0.417. The Balaban J connectivity index is 2.10. The highest BCUT2D eigenvalue weighted by Crippen LogP contribution is 2.31. The van der Waals surface area contributed by atoms with E-state index in [1.807, 2.05) is 0 Å². The molecule has 0 fully saturated rings. The number of benzene rings is 1. The molecular formula is C9H9N3O3. The van der Waals surface area contributed by atoms with E-state index in [4.69, 9.17) is 15.2 Å². The van der Waals surface area contributed by atoms with Gasteiger partial charge < -0.3 is 15.2 Å². The number of fused-ring (bicyclic) bond motifs is 1. The summed E-state index contributed by atoms with van der Waals surface area (Å²) in [5, 5.41) is 3.62. The lowest BCUT2D eigenvalue weighted by Crippen LogP contribution is -2.24. The van der Waals surface area contributed by atoms with Gasteiger partial charge in [-0.15, -0.1) is 0 Å². The van der Waals surface area contributed by atoms with Crippen LogP contribution in [0.3, 0.4) is 0 Å². The normalized spacial score (nSPS) is 13.1. The maximum atomic E-state index is 10.3. The molecule has 3 N–H and O–H groups in total. The Hall–Kier alpha value is -2.24. The SMILES string of the molecule is NC(=O)N/N=C/c1ccc2c(c1)OCO2. The van der Waals surface area contributed by atoms with Crippen molar-refractivity contribution in [2.75, 3.05) is 6.79 Å². The molecule has 0 spiro atoms. The smallest absolute Gasteiger partial charge is 0.332 e. The van der Waals surface area contributed by atoms with Gasteiger partial charge in [0.05, 0.1) is 6.21 Å². The number of rotatable bonds is 2. The molecular weight excluding hydrogens is 198 g/mol. The van der Waals surface area contributed by atoms with Crippen LogP contribution in [0, 0.1) is 0 Å². The summed E-state index contributed by atoms with van der Waals surface area (Å²) in [6, 6.07) is 4.62. The van der Waals surface area contributed by atoms with Crippen molar-refractivity contribution in [3.8, 4) is 11.5 Å². The van der Waals surface area contributed by atoms with Crippen LogP contribution in [0.5, 0.6) is 11.5 Å². The second-order valence-corrected chi connectivity index (χ2v) is 2.85. The van der Waals surface area contributed by atoms with Crippen molar-refractivity contribution < 1.29 is 14.3 Å². The monoisotopic (exact) mass is 207 g/mol. The van der Waals surface area contributed by atoms with E-state index in [9.17, 15) is 4.79 Å². The van der Waals surface area contributed by atoms with Crippen LogP contribution >= 0.6 is 0 Å². The molecule has 1 heterocycles. The third-order valence-corrected chi connectivity index (χ3v) is 1.78. The Bertz CT molecular complexity index is 417. The molecule has 2 rings (SSSR count). The topological polar surface area (TPSA) is 85.9 Å². The van der Waals surface area contributed by atoms with Gasteiger partial charge in [0, 0.05) is 0 Å². The van der Waals surface area contributed by atoms with Crippen molar-refractivity contribution in [2.45, 2.75) is 0 Å². The molecule has 6 nitrogen and oxygen atoms in total. The number of ether oxygens (including phenoxy) is 2. The van der Waals surface area contributed by atoms with E-state index in [1.54, 1.807) is 18.2 Å². The molecule has 0 bridgehead atoms. The van der Waals surface area contributed by atoms with E-state index >= 15 is 0 Å². The van der Waals surface area contributed by atoms with Gasteiger partial charge in [0.25, 0.3) is 0 Å². The van der Waals surface area contributed by atoms with E-state index in [-0.39, 0.29) is 6.79 Å². The zero-order valence-corrected chi connectivity index (χ0v) is 7.77. The zero-order valence-electron chi connectivity index (χ0n) is 7.77. The summed E-state index contributed by atoms with van der Waals surface area (Å²) in [5.41, 5.74) is 7.72. The molecule has 78 valence electrons. The van der Waals surface area contributed by atoms with Crippen molar-refractivity contribution in [3.63, 3.8) is 0 Å². The summed E-state index contributed by atoms with van der Waals surface area (Å²) in [4.78, 5) is 10.3. The van der Waals surface area contributed by atoms with Crippen LogP contribution in [-0.2, 0) is 0 Å². The molecule has 15 heavy (non-hydrogen) atoms. The minimum atomic E-state index is -0.702. The van der Waals surface area contributed by atoms with Crippen LogP contribution in [0.4, 0.5) is 4.79 Å². The van der Waals surface area contributed by atoms with Crippen LogP contribution in [0.15, 0.2) is 23.3 Å². The second-order valence-electron chi connectivity index (χ2n) is 2.85. The van der Waals surface area contributed by atoms with E-state index in [1.165, 1.54) is 6.21 Å². The molecule has 1 aromatic rings. The molecule has 0 saturated carbocycles. The largest absolute Gasteiger partial charge is 0.454 e. The molecule has 0 unspecified atom stereocenters. The number of nitrogens with zero attached hydrogens (tertiary/aromatic N) is 1. The first kappa shape index (κ1) is 9.32. The molecule has 2 amide bonds. The number of carbonyl (C=O) groups excluding carboxylic acids is 1. The maximum Gasteiger partial charge on any atom is 0.332 e. The number of hydrazone groups is 1. The van der Waals surface area contributed by atoms with Crippen LogP contribution in [0.25, 0.3) is 0 Å². The quantitative estimate of drug-likeness (QED) is 0.544. The summed E-state index contributed by atoms with van der Waals surface area (Å²) < 4.78 is 10.3. The summed E-state index contributed by atoms with van der Waals surface area (Å²) >= 11 is 0. The first-order chi connectivity index (χ1) is 7.25. The third-order valence-electron chi connectivity index (χ3n) is 1.78. The summed E-state index contributed by atoms with van der Waals surface area (Å²) in [6.45, 7) is 0.232. The summed E-state index contributed by atoms with van der Waals surface area (Å²) in [7, 11) is 0. The van der Waals surface area contributed by atoms with E-state index in [2.05, 4.69) is 10.5 Å². The first-order valence-corrected chi connectivity index (χ1v) is 4.24. The number of carbonyl (C=O) groups is 1. The van der Waals surface area contributed by atoms with Crippen LogP contribution in [0.2, 0.25) is 0 Å². The van der Waals surface area contributed by atoms with E-state index in [0.717, 1.165) is 5.56 Å². The number of nitrogens with one attached hydrogen (secondary N) is 1. The first-order valence-electron chi connectivity index (χ1n) is 4.24. The van der Waals surface area contributed by atoms with Crippen LogP contribution in [-0.4, -0.2) is 19.0 Å². The minimum Gasteiger partial charge on any atom is -0.454 e. The molecule has 1 aliphatic heterocycles. The molecule has 1 aromatic carbocycles. The highest BCUT2D eigenvalue weighted by molar-refractivity contribution is 5.82. The molecule has 0 aromatic heterocycles. The lowest BCUT2D eigenvalue weighted by molar-refractivity contribution is 0.174. The minimum absolute atomic E-state index is 0.232. The number of primary amides is 1. The molecule has 1 aliphatic rings. The second kappa shape index (κ2) is 3.87. The number of hydrogen-bond donors (Lipinski definition) is 2. The van der Waals surface area contributed by atoms with E-state index < -0.39 is 6.03 Å². The maximum absolute atomic E-state index is 10.3. The fraction of sp³-hybridized carbons (Fsp3) is 0.111. The Morgan fingerprint density at radius 2 is 2.27 bits per heavy atom. The van der Waals surface area contributed by atoms with Crippen molar-refractivity contribution in [1.29, 1.82) is 0 Å². The number of nitrogens with two attached hydrogens (primary N) is 1. The summed E-state index contributed by atoms with van der Waals surface area (Å²) in [5.74, 6) is 1.37. The summed E-state index contributed by atoms with van der Waals surface area (Å²) in [6.07, 6.45) is 1.46. The lowest BCUT2D eigenvalue weighted by Gasteiger charge is -1.97. The van der Waals surface area contributed by atoms with Gasteiger partial charge in [0.1, 0.15) is 0 Å². The average Bonchev–Trinajstić information content (AvgIpc) is 2.64. The number of hydrogen-bond acceptors (Lipinski definition) is 4. The van der Waals surface area contributed by atoms with Gasteiger partial charge in [-0.1, -0.05) is 0 Å². The zero-order chi connectivity index (χ0) is 10.7. The molecule has 0 aliphatic carbocycles. The van der Waals surface area contributed by atoms with Gasteiger partial charge in [-0.3, -0.25) is 0 Å². The van der Waals surface area contributed by atoms with Gasteiger partial charge in [0.2, 0.25) is 6.79 Å². The molecule has 0 atom stereocenters. The van der Waals surface area contributed by atoms with Crippen molar-refractivity contribution in [3.05, 3.63) is 23.8 Å². The van der Waals surface area contributed by atoms with Crippen molar-refractivity contribution in [2.24, 2.45) is 10.8 Å². The lowest BCUT2D eigenvalue weighted by atomic mass is 10.2. The Kier molecular flexibility index (Phi) is 2.40. The van der Waals surface area contributed by atoms with E-state index in [0.29, 0.717) is 11.5 Å². The number of urea groups is 1. The molecule has 0 radical (unpaired) electrons. The Morgan fingerprint density at radius 1 is 1.47 bits per heavy atom. The molecule has 0 saturated heterocycles. The highest BCUT2D eigenvalue weighted by Gasteiger charge is 2.12. The van der Waals surface area contributed by atoms with Crippen molar-refractivity contribution >= 4 is 12.2 Å². The van der Waals surface area contributed by atoms with Gasteiger partial charge >= 0.3 is 6.03 Å². The van der Waals surface area contributed by atoms with Gasteiger partial charge in [-0.25, -0.2) is 10.2 Å². The highest BCUT2D eigenvalue weighted by atomic mass is 16.7. The average molecular weight is 207 g/mol. The Labute approximate surface area is 85.7 Å². The van der Waals surface area contributed by atoms with Gasteiger partial charge in [-0.05, 0) is 23.8 Å². The number of amides is 2. The fourth-order valence-corrected chi connectivity index (χ4v) is 1.16.